The largest absolute Gasteiger partial charge is 0.412 e. The average molecular weight is 305 g/mol. The molecule has 1 unspecified atom stereocenters. The van der Waals surface area contributed by atoms with E-state index in [0.29, 0.717) is 10.8 Å². The van der Waals surface area contributed by atoms with E-state index in [-0.39, 0.29) is 10.9 Å². The Balaban J connectivity index is 2.03. The molecule has 5 nitrogen and oxygen atoms in total. The van der Waals surface area contributed by atoms with Gasteiger partial charge in [0.25, 0.3) is 0 Å². The van der Waals surface area contributed by atoms with Gasteiger partial charge >= 0.3 is 6.18 Å². The Morgan fingerprint density at radius 2 is 1.90 bits per heavy atom. The molecule has 1 atom stereocenters. The highest BCUT2D eigenvalue weighted by Gasteiger charge is 2.52. The lowest BCUT2D eigenvalue weighted by Crippen LogP contribution is -2.47. The molecule has 2 heterocycles. The summed E-state index contributed by atoms with van der Waals surface area (Å²) in [5.74, 6) is 0.882. The van der Waals surface area contributed by atoms with Crippen molar-refractivity contribution in [1.82, 2.24) is 19.8 Å². The zero-order valence-corrected chi connectivity index (χ0v) is 11.6. The molecule has 2 aromatic heterocycles. The fraction of sp³-hybridized carbons (Fsp3) is 0.727. The Morgan fingerprint density at radius 1 is 1.25 bits per heavy atom. The van der Waals surface area contributed by atoms with Gasteiger partial charge in [-0.1, -0.05) is 24.2 Å². The summed E-state index contributed by atoms with van der Waals surface area (Å²) in [7, 11) is 0. The van der Waals surface area contributed by atoms with Crippen molar-refractivity contribution < 1.29 is 13.2 Å². The van der Waals surface area contributed by atoms with Crippen LogP contribution in [0.1, 0.15) is 49.4 Å². The van der Waals surface area contributed by atoms with Crippen LogP contribution in [0, 0.1) is 0 Å². The second-order valence-corrected chi connectivity index (χ2v) is 6.30. The minimum atomic E-state index is -4.55. The number of rotatable bonds is 2. The van der Waals surface area contributed by atoms with Crippen molar-refractivity contribution >= 4 is 16.3 Å². The summed E-state index contributed by atoms with van der Waals surface area (Å²) in [5, 5.41) is 11.8. The predicted octanol–water partition coefficient (Wildman–Crippen LogP) is 2.58. The van der Waals surface area contributed by atoms with Gasteiger partial charge in [0.2, 0.25) is 4.96 Å². The molecule has 1 aliphatic carbocycles. The van der Waals surface area contributed by atoms with Crippen molar-refractivity contribution in [3.8, 4) is 0 Å². The maximum atomic E-state index is 13.0. The van der Waals surface area contributed by atoms with E-state index < -0.39 is 11.7 Å². The van der Waals surface area contributed by atoms with Crippen molar-refractivity contribution in [2.75, 3.05) is 0 Å². The molecule has 0 aliphatic heterocycles. The van der Waals surface area contributed by atoms with E-state index in [1.807, 2.05) is 0 Å². The minimum Gasteiger partial charge on any atom is -0.312 e. The van der Waals surface area contributed by atoms with Gasteiger partial charge < -0.3 is 5.73 Å². The van der Waals surface area contributed by atoms with Crippen molar-refractivity contribution in [2.45, 2.75) is 50.2 Å². The average Bonchev–Trinajstić information content (AvgIpc) is 3.02. The second kappa shape index (κ2) is 4.39. The normalized spacial score (nSPS) is 20.6. The van der Waals surface area contributed by atoms with E-state index in [1.54, 1.807) is 0 Å². The molecule has 0 spiro atoms. The Bertz CT molecular complexity index is 624. The van der Waals surface area contributed by atoms with Crippen LogP contribution in [-0.2, 0) is 5.54 Å². The van der Waals surface area contributed by atoms with Crippen LogP contribution in [0.4, 0.5) is 13.2 Å². The van der Waals surface area contributed by atoms with Crippen LogP contribution < -0.4 is 5.73 Å². The third kappa shape index (κ3) is 1.99. The summed E-state index contributed by atoms with van der Waals surface area (Å²) < 4.78 is 40.3. The number of aromatic nitrogens is 4. The zero-order valence-electron chi connectivity index (χ0n) is 10.8. The maximum absolute atomic E-state index is 13.0. The summed E-state index contributed by atoms with van der Waals surface area (Å²) in [6.45, 7) is 0.925. The molecule has 1 fully saturated rings. The van der Waals surface area contributed by atoms with Crippen molar-refractivity contribution in [2.24, 2.45) is 5.73 Å². The quantitative estimate of drug-likeness (QED) is 0.926. The molecule has 2 N–H and O–H groups in total. The number of fused-ring (bicyclic) bond motifs is 1. The molecule has 0 aromatic carbocycles. The Morgan fingerprint density at radius 3 is 2.50 bits per heavy atom. The predicted molar refractivity (Wildman–Crippen MR) is 67.5 cm³/mol. The number of nitrogens with zero attached hydrogens (tertiary/aromatic N) is 4. The van der Waals surface area contributed by atoms with E-state index in [9.17, 15) is 13.2 Å². The van der Waals surface area contributed by atoms with Gasteiger partial charge in [0.15, 0.2) is 11.4 Å². The summed E-state index contributed by atoms with van der Waals surface area (Å²) in [5.41, 5.74) is 2.94. The number of nitrogens with two attached hydrogens (primary N) is 1. The third-order valence-electron chi connectivity index (χ3n) is 3.77. The summed E-state index contributed by atoms with van der Waals surface area (Å²) >= 11 is 0.844. The van der Waals surface area contributed by atoms with Gasteiger partial charge in [-0.05, 0) is 19.8 Å². The molecular weight excluding hydrogens is 291 g/mol. The van der Waals surface area contributed by atoms with Crippen LogP contribution >= 0.6 is 11.3 Å². The van der Waals surface area contributed by atoms with Gasteiger partial charge in [-0.2, -0.15) is 22.8 Å². The first-order valence-corrected chi connectivity index (χ1v) is 7.20. The molecule has 2 aromatic rings. The smallest absolute Gasteiger partial charge is 0.312 e. The van der Waals surface area contributed by atoms with Crippen LogP contribution in [0.3, 0.4) is 0 Å². The number of hydrogen-bond donors (Lipinski definition) is 1. The van der Waals surface area contributed by atoms with Crippen molar-refractivity contribution in [3.05, 3.63) is 10.8 Å². The topological polar surface area (TPSA) is 69.1 Å². The molecule has 9 heteroatoms. The summed E-state index contributed by atoms with van der Waals surface area (Å²) in [6, 6.07) is 0. The van der Waals surface area contributed by atoms with Crippen LogP contribution in [0.2, 0.25) is 0 Å². The summed E-state index contributed by atoms with van der Waals surface area (Å²) in [6.07, 6.45) is -0.384. The van der Waals surface area contributed by atoms with E-state index in [2.05, 4.69) is 15.3 Å². The first kappa shape index (κ1) is 13.7. The number of hydrogen-bond acceptors (Lipinski definition) is 5. The van der Waals surface area contributed by atoms with Crippen LogP contribution in [-0.4, -0.2) is 26.0 Å². The number of alkyl halides is 3. The van der Waals surface area contributed by atoms with E-state index in [0.717, 1.165) is 43.9 Å². The summed E-state index contributed by atoms with van der Waals surface area (Å²) in [4.78, 5) is 0.364. The second-order valence-electron chi connectivity index (χ2n) is 5.34. The lowest BCUT2D eigenvalue weighted by molar-refractivity contribution is -0.184. The Labute approximate surface area is 117 Å². The Hall–Kier alpha value is -1.22. The van der Waals surface area contributed by atoms with Gasteiger partial charge in [-0.3, -0.25) is 0 Å². The molecule has 0 bridgehead atoms. The van der Waals surface area contributed by atoms with Gasteiger partial charge in [-0.25, -0.2) is 0 Å². The monoisotopic (exact) mass is 305 g/mol. The van der Waals surface area contributed by atoms with Crippen LogP contribution in [0.25, 0.3) is 4.96 Å². The highest BCUT2D eigenvalue weighted by Crippen LogP contribution is 2.39. The SMILES string of the molecule is CC(N)(c1nn2c(C3CCCC3)nnc2s1)C(F)(F)F. The first-order valence-electron chi connectivity index (χ1n) is 6.39. The maximum Gasteiger partial charge on any atom is 0.412 e. The minimum absolute atomic E-state index is 0.186. The zero-order chi connectivity index (χ0) is 14.5. The lowest BCUT2D eigenvalue weighted by atomic mass is 10.1. The molecule has 110 valence electrons. The van der Waals surface area contributed by atoms with Crippen LogP contribution in [0.5, 0.6) is 0 Å². The van der Waals surface area contributed by atoms with Gasteiger partial charge in [0.05, 0.1) is 0 Å². The molecule has 0 radical (unpaired) electrons. The first-order chi connectivity index (χ1) is 9.30. The highest BCUT2D eigenvalue weighted by atomic mass is 32.1. The van der Waals surface area contributed by atoms with Gasteiger partial charge in [0, 0.05) is 5.92 Å². The molecule has 1 aliphatic rings. The molecule has 0 amide bonds. The number of halogens is 3. The van der Waals surface area contributed by atoms with E-state index >= 15 is 0 Å². The standard InChI is InChI=1S/C11H14F3N5S/c1-10(15,11(12,13)14)8-18-19-7(6-4-2-3-5-6)16-17-9(19)20-8/h6H,2-5,15H2,1H3. The lowest BCUT2D eigenvalue weighted by Gasteiger charge is -2.24. The third-order valence-corrected chi connectivity index (χ3v) is 4.90. The van der Waals surface area contributed by atoms with E-state index in [4.69, 9.17) is 5.73 Å². The Kier molecular flexibility index (Phi) is 3.02. The fourth-order valence-corrected chi connectivity index (χ4v) is 3.33. The molecule has 0 saturated heterocycles. The van der Waals surface area contributed by atoms with E-state index in [1.165, 1.54) is 4.52 Å². The van der Waals surface area contributed by atoms with Crippen molar-refractivity contribution in [3.63, 3.8) is 0 Å². The molecule has 3 rings (SSSR count). The van der Waals surface area contributed by atoms with Gasteiger partial charge in [-0.15, -0.1) is 10.2 Å². The van der Waals surface area contributed by atoms with Crippen LogP contribution in [0.15, 0.2) is 0 Å². The molecule has 20 heavy (non-hydrogen) atoms. The van der Waals surface area contributed by atoms with Crippen molar-refractivity contribution in [1.29, 1.82) is 0 Å². The fourth-order valence-electron chi connectivity index (χ4n) is 2.40. The molecular formula is C11H14F3N5S. The highest BCUT2D eigenvalue weighted by molar-refractivity contribution is 7.16. The van der Waals surface area contributed by atoms with Gasteiger partial charge in [0.1, 0.15) is 5.01 Å². The molecule has 1 saturated carbocycles.